The summed E-state index contributed by atoms with van der Waals surface area (Å²) in [6.45, 7) is 7.80. The van der Waals surface area contributed by atoms with Gasteiger partial charge in [-0.3, -0.25) is 9.59 Å². The molecule has 1 aliphatic heterocycles. The fourth-order valence-corrected chi connectivity index (χ4v) is 6.28. The van der Waals surface area contributed by atoms with Crippen molar-refractivity contribution < 1.29 is 23.1 Å². The molecular weight excluding hydrogens is 554 g/mol. The van der Waals surface area contributed by atoms with Crippen LogP contribution in [0.4, 0.5) is 0 Å². The molecule has 2 aromatic carbocycles. The van der Waals surface area contributed by atoms with Crippen molar-refractivity contribution in [3.8, 4) is 0 Å². The van der Waals surface area contributed by atoms with Gasteiger partial charge in [-0.05, 0) is 48.4 Å². The SMILES string of the molecule is Cc1ccc(C(NC(=O)[C@@H]2C[C@@H](O)CN2C(=O)[C@@H](n2cc(C3CC3)nn2)C(C)(C)C)c2cccc(S(C)(=O)=O)c2)cc1. The van der Waals surface area contributed by atoms with E-state index in [1.54, 1.807) is 22.9 Å². The van der Waals surface area contributed by atoms with Crippen LogP contribution >= 0.6 is 0 Å². The summed E-state index contributed by atoms with van der Waals surface area (Å²) in [5, 5.41) is 22.3. The molecule has 1 unspecified atom stereocenters. The van der Waals surface area contributed by atoms with Crippen LogP contribution in [0.25, 0.3) is 0 Å². The Morgan fingerprint density at radius 3 is 2.38 bits per heavy atom. The van der Waals surface area contributed by atoms with E-state index in [0.717, 1.165) is 35.9 Å². The Morgan fingerprint density at radius 1 is 1.07 bits per heavy atom. The molecular formula is C31H39N5O5S. The lowest BCUT2D eigenvalue weighted by Gasteiger charge is -2.35. The maximum Gasteiger partial charge on any atom is 0.248 e. The number of carbonyl (C=O) groups is 2. The van der Waals surface area contributed by atoms with Gasteiger partial charge in [0.2, 0.25) is 11.8 Å². The number of nitrogens with one attached hydrogen (secondary N) is 1. The molecule has 2 heterocycles. The minimum absolute atomic E-state index is 0.0203. The van der Waals surface area contributed by atoms with Gasteiger partial charge in [0.05, 0.1) is 22.7 Å². The molecule has 2 aliphatic rings. The second-order valence-corrected chi connectivity index (χ2v) is 14.8. The average Bonchev–Trinajstić information content (AvgIpc) is 3.53. The molecule has 4 atom stereocenters. The van der Waals surface area contributed by atoms with Gasteiger partial charge in [0.1, 0.15) is 12.1 Å². The summed E-state index contributed by atoms with van der Waals surface area (Å²) >= 11 is 0. The van der Waals surface area contributed by atoms with Gasteiger partial charge in [-0.15, -0.1) is 5.10 Å². The number of sulfone groups is 1. The molecule has 0 spiro atoms. The number of rotatable bonds is 8. The second-order valence-electron chi connectivity index (χ2n) is 12.8. The molecule has 0 radical (unpaired) electrons. The number of aliphatic hydroxyl groups is 1. The van der Waals surface area contributed by atoms with Gasteiger partial charge in [-0.1, -0.05) is 67.9 Å². The Morgan fingerprint density at radius 2 is 1.76 bits per heavy atom. The predicted molar refractivity (Wildman–Crippen MR) is 157 cm³/mol. The summed E-state index contributed by atoms with van der Waals surface area (Å²) in [5.74, 6) is -0.362. The number of likely N-dealkylation sites (tertiary alicyclic amines) is 1. The van der Waals surface area contributed by atoms with Crippen LogP contribution in [-0.2, 0) is 19.4 Å². The number of hydrogen-bond acceptors (Lipinski definition) is 7. The van der Waals surface area contributed by atoms with E-state index in [4.69, 9.17) is 0 Å². The summed E-state index contributed by atoms with van der Waals surface area (Å²) in [4.78, 5) is 29.7. The van der Waals surface area contributed by atoms with Crippen LogP contribution in [0.2, 0.25) is 0 Å². The summed E-state index contributed by atoms with van der Waals surface area (Å²) in [7, 11) is -3.48. The third kappa shape index (κ3) is 6.42. The summed E-state index contributed by atoms with van der Waals surface area (Å²) in [6, 6.07) is 11.8. The van der Waals surface area contributed by atoms with E-state index in [0.29, 0.717) is 11.5 Å². The van der Waals surface area contributed by atoms with E-state index in [2.05, 4.69) is 15.6 Å². The zero-order valence-corrected chi connectivity index (χ0v) is 25.5. The molecule has 1 aromatic heterocycles. The van der Waals surface area contributed by atoms with Gasteiger partial charge in [0.25, 0.3) is 0 Å². The quantitative estimate of drug-likeness (QED) is 0.409. The zero-order valence-electron chi connectivity index (χ0n) is 24.7. The Hall–Kier alpha value is -3.57. The predicted octanol–water partition coefficient (Wildman–Crippen LogP) is 3.32. The first-order valence-electron chi connectivity index (χ1n) is 14.3. The molecule has 2 N–H and O–H groups in total. The minimum atomic E-state index is -3.48. The van der Waals surface area contributed by atoms with Gasteiger partial charge in [-0.2, -0.15) is 0 Å². The lowest BCUT2D eigenvalue weighted by atomic mass is 9.85. The van der Waals surface area contributed by atoms with Crippen LogP contribution in [0.15, 0.2) is 59.6 Å². The monoisotopic (exact) mass is 593 g/mol. The van der Waals surface area contributed by atoms with E-state index in [9.17, 15) is 23.1 Å². The van der Waals surface area contributed by atoms with Crippen molar-refractivity contribution in [2.24, 2.45) is 5.41 Å². The number of β-amino-alcohol motifs (C(OH)–C–C–N with tert-alkyl or cyclic N) is 1. The molecule has 42 heavy (non-hydrogen) atoms. The van der Waals surface area contributed by atoms with E-state index in [1.807, 2.05) is 58.2 Å². The summed E-state index contributed by atoms with van der Waals surface area (Å²) in [5.41, 5.74) is 2.71. The van der Waals surface area contributed by atoms with Crippen LogP contribution in [0.1, 0.15) is 80.4 Å². The molecule has 11 heteroatoms. The standard InChI is InChI=1S/C31H39N5O5S/c1-19-9-11-21(12-10-19)27(22-7-6-8-24(15-22)42(5,40)41)32-29(38)26-16-23(37)17-35(26)30(39)28(31(2,3)4)36-18-25(33-34-36)20-13-14-20/h6-12,15,18,20,23,26-28,37H,13-14,16-17H2,1-5H3,(H,32,38)/t23-,26+,27?,28-/m1/s1. The Labute approximate surface area is 247 Å². The van der Waals surface area contributed by atoms with Crippen LogP contribution < -0.4 is 5.32 Å². The van der Waals surface area contributed by atoms with E-state index >= 15 is 0 Å². The van der Waals surface area contributed by atoms with Crippen molar-refractivity contribution in [3.05, 3.63) is 77.1 Å². The van der Waals surface area contributed by atoms with Crippen molar-refractivity contribution in [1.82, 2.24) is 25.2 Å². The Bertz CT molecular complexity index is 1570. The number of aromatic nitrogens is 3. The molecule has 2 amide bonds. The van der Waals surface area contributed by atoms with Crippen molar-refractivity contribution in [3.63, 3.8) is 0 Å². The van der Waals surface area contributed by atoms with Crippen LogP contribution in [0.3, 0.4) is 0 Å². The summed E-state index contributed by atoms with van der Waals surface area (Å²) in [6.07, 6.45) is 4.31. The Kier molecular flexibility index (Phi) is 8.02. The lowest BCUT2D eigenvalue weighted by Crippen LogP contribution is -2.51. The smallest absolute Gasteiger partial charge is 0.248 e. The van der Waals surface area contributed by atoms with Gasteiger partial charge < -0.3 is 15.3 Å². The normalized spacial score (nSPS) is 20.8. The fraction of sp³-hybridized carbons (Fsp3) is 0.484. The van der Waals surface area contributed by atoms with Crippen molar-refractivity contribution >= 4 is 21.7 Å². The third-order valence-electron chi connectivity index (χ3n) is 8.02. The first kappa shape index (κ1) is 29.9. The van der Waals surface area contributed by atoms with Gasteiger partial charge >= 0.3 is 0 Å². The first-order chi connectivity index (χ1) is 19.7. The van der Waals surface area contributed by atoms with E-state index in [-0.39, 0.29) is 23.8 Å². The van der Waals surface area contributed by atoms with Crippen molar-refractivity contribution in [2.75, 3.05) is 12.8 Å². The number of nitrogens with zero attached hydrogens (tertiary/aromatic N) is 4. The number of aliphatic hydroxyl groups excluding tert-OH is 1. The number of benzene rings is 2. The molecule has 1 saturated heterocycles. The lowest BCUT2D eigenvalue weighted by molar-refractivity contribution is -0.144. The fourth-order valence-electron chi connectivity index (χ4n) is 5.61. The largest absolute Gasteiger partial charge is 0.391 e. The van der Waals surface area contributed by atoms with Gasteiger partial charge in [0, 0.05) is 31.3 Å². The van der Waals surface area contributed by atoms with E-state index in [1.165, 1.54) is 11.0 Å². The highest BCUT2D eigenvalue weighted by Crippen LogP contribution is 2.40. The molecule has 5 rings (SSSR count). The maximum absolute atomic E-state index is 14.1. The molecule has 0 bridgehead atoms. The second kappa shape index (κ2) is 11.3. The Balaban J connectivity index is 1.45. The number of hydrogen-bond donors (Lipinski definition) is 2. The number of aryl methyl sites for hydroxylation is 1. The average molecular weight is 594 g/mol. The van der Waals surface area contributed by atoms with Crippen LogP contribution in [-0.4, -0.2) is 70.2 Å². The number of carbonyl (C=O) groups excluding carboxylic acids is 2. The molecule has 1 aliphatic carbocycles. The van der Waals surface area contributed by atoms with Gasteiger partial charge in [0.15, 0.2) is 9.84 Å². The van der Waals surface area contributed by atoms with Gasteiger partial charge in [-0.25, -0.2) is 13.1 Å². The molecule has 1 saturated carbocycles. The highest BCUT2D eigenvalue weighted by molar-refractivity contribution is 7.90. The first-order valence-corrected chi connectivity index (χ1v) is 16.2. The zero-order chi connectivity index (χ0) is 30.4. The molecule has 10 nitrogen and oxygen atoms in total. The molecule has 3 aromatic rings. The number of amides is 2. The summed E-state index contributed by atoms with van der Waals surface area (Å²) < 4.78 is 26.2. The molecule has 2 fully saturated rings. The highest BCUT2D eigenvalue weighted by atomic mass is 32.2. The maximum atomic E-state index is 14.1. The van der Waals surface area contributed by atoms with Crippen molar-refractivity contribution in [1.29, 1.82) is 0 Å². The van der Waals surface area contributed by atoms with E-state index < -0.39 is 45.4 Å². The van der Waals surface area contributed by atoms with Crippen LogP contribution in [0, 0.1) is 12.3 Å². The molecule has 224 valence electrons. The van der Waals surface area contributed by atoms with Crippen molar-refractivity contribution in [2.45, 2.75) is 82.0 Å². The topological polar surface area (TPSA) is 134 Å². The highest BCUT2D eigenvalue weighted by Gasteiger charge is 2.46. The third-order valence-corrected chi connectivity index (χ3v) is 9.13. The minimum Gasteiger partial charge on any atom is -0.391 e. The van der Waals surface area contributed by atoms with Crippen LogP contribution in [0.5, 0.6) is 0 Å².